The van der Waals surface area contributed by atoms with Crippen LogP contribution in [0.4, 0.5) is 22.0 Å². The maximum atomic E-state index is 13.5. The Balaban J connectivity index is 3.32. The van der Waals surface area contributed by atoms with Crippen molar-refractivity contribution in [2.75, 3.05) is 21.3 Å². The van der Waals surface area contributed by atoms with Crippen molar-refractivity contribution in [3.63, 3.8) is 0 Å². The van der Waals surface area contributed by atoms with Gasteiger partial charge in [0.05, 0.1) is 14.2 Å². The summed E-state index contributed by atoms with van der Waals surface area (Å²) in [5.74, 6) is -4.77. The van der Waals surface area contributed by atoms with E-state index in [0.29, 0.717) is 0 Å². The molecule has 3 nitrogen and oxygen atoms in total. The summed E-state index contributed by atoms with van der Waals surface area (Å²) >= 11 is 0. The molecule has 20 heavy (non-hydrogen) atoms. The van der Waals surface area contributed by atoms with Gasteiger partial charge in [-0.2, -0.15) is 22.0 Å². The van der Waals surface area contributed by atoms with Crippen LogP contribution < -0.4 is 14.8 Å². The molecule has 0 amide bonds. The molecule has 1 rings (SSSR count). The summed E-state index contributed by atoms with van der Waals surface area (Å²) in [6.45, 7) is 0. The van der Waals surface area contributed by atoms with Crippen molar-refractivity contribution < 1.29 is 31.4 Å². The van der Waals surface area contributed by atoms with Gasteiger partial charge in [-0.15, -0.1) is 0 Å². The third-order valence-corrected chi connectivity index (χ3v) is 2.78. The van der Waals surface area contributed by atoms with Crippen molar-refractivity contribution >= 4 is 0 Å². The number of rotatable bonds is 5. The molecule has 114 valence electrons. The minimum atomic E-state index is -5.67. The number of hydrogen-bond donors (Lipinski definition) is 1. The molecule has 0 aliphatic carbocycles. The highest BCUT2D eigenvalue weighted by atomic mass is 19.4. The molecule has 1 N–H and O–H groups in total. The van der Waals surface area contributed by atoms with Gasteiger partial charge in [0, 0.05) is 11.6 Å². The lowest BCUT2D eigenvalue weighted by Gasteiger charge is -2.29. The number of alkyl halides is 5. The van der Waals surface area contributed by atoms with Crippen LogP contribution in [0.2, 0.25) is 0 Å². The summed E-state index contributed by atoms with van der Waals surface area (Å²) in [6.07, 6.45) is -5.67. The van der Waals surface area contributed by atoms with Crippen LogP contribution in [-0.4, -0.2) is 33.4 Å². The van der Waals surface area contributed by atoms with Crippen molar-refractivity contribution in [3.8, 4) is 11.5 Å². The maximum Gasteiger partial charge on any atom is 0.455 e. The fourth-order valence-electron chi connectivity index (χ4n) is 1.75. The van der Waals surface area contributed by atoms with Gasteiger partial charge in [-0.3, -0.25) is 0 Å². The van der Waals surface area contributed by atoms with Crippen LogP contribution in [0.3, 0.4) is 0 Å². The highest BCUT2D eigenvalue weighted by Crippen LogP contribution is 2.46. The normalized spacial score (nSPS) is 14.0. The number of nitrogens with one attached hydrogen (secondary N) is 1. The molecule has 0 radical (unpaired) electrons. The molecule has 0 saturated carbocycles. The van der Waals surface area contributed by atoms with Gasteiger partial charge >= 0.3 is 12.1 Å². The van der Waals surface area contributed by atoms with Crippen molar-refractivity contribution in [2.24, 2.45) is 0 Å². The molecule has 1 aromatic carbocycles. The predicted octanol–water partition coefficient (Wildman–Crippen LogP) is 3.16. The Morgan fingerprint density at radius 3 is 2.05 bits per heavy atom. The monoisotopic (exact) mass is 299 g/mol. The topological polar surface area (TPSA) is 30.5 Å². The molecule has 0 aromatic heterocycles. The lowest BCUT2D eigenvalue weighted by atomic mass is 9.99. The quantitative estimate of drug-likeness (QED) is 0.847. The molecular weight excluding hydrogens is 285 g/mol. The first-order valence-electron chi connectivity index (χ1n) is 5.52. The number of hydrogen-bond acceptors (Lipinski definition) is 3. The van der Waals surface area contributed by atoms with E-state index >= 15 is 0 Å². The first kappa shape index (κ1) is 16.5. The zero-order chi connectivity index (χ0) is 15.6. The molecule has 1 aromatic rings. The second kappa shape index (κ2) is 5.82. The molecule has 0 heterocycles. The van der Waals surface area contributed by atoms with Crippen LogP contribution in [0, 0.1) is 0 Å². The molecule has 0 aliphatic heterocycles. The van der Waals surface area contributed by atoms with E-state index in [4.69, 9.17) is 9.47 Å². The van der Waals surface area contributed by atoms with Crippen molar-refractivity contribution in [2.45, 2.75) is 18.1 Å². The summed E-state index contributed by atoms with van der Waals surface area (Å²) < 4.78 is 74.2. The van der Waals surface area contributed by atoms with Crippen LogP contribution in [-0.2, 0) is 0 Å². The Hall–Kier alpha value is -1.57. The van der Waals surface area contributed by atoms with Crippen LogP contribution in [0.5, 0.6) is 11.5 Å². The molecule has 1 unspecified atom stereocenters. The summed E-state index contributed by atoms with van der Waals surface area (Å²) in [5, 5.41) is 1.99. The van der Waals surface area contributed by atoms with Crippen molar-refractivity contribution in [3.05, 3.63) is 23.8 Å². The molecule has 0 fully saturated rings. The molecule has 0 aliphatic rings. The van der Waals surface area contributed by atoms with Gasteiger partial charge in [-0.1, -0.05) is 0 Å². The lowest BCUT2D eigenvalue weighted by molar-refractivity contribution is -0.294. The number of halogens is 5. The fraction of sp³-hybridized carbons (Fsp3) is 0.500. The zero-order valence-electron chi connectivity index (χ0n) is 11.0. The van der Waals surface area contributed by atoms with Gasteiger partial charge in [-0.05, 0) is 19.2 Å². The molecular formula is C12H14F5NO2. The lowest BCUT2D eigenvalue weighted by Crippen LogP contribution is -2.47. The second-order valence-corrected chi connectivity index (χ2v) is 3.95. The highest BCUT2D eigenvalue weighted by molar-refractivity contribution is 5.43. The number of benzene rings is 1. The minimum absolute atomic E-state index is 0.118. The van der Waals surface area contributed by atoms with E-state index < -0.39 is 18.1 Å². The summed E-state index contributed by atoms with van der Waals surface area (Å²) in [5.41, 5.74) is -0.307. The van der Waals surface area contributed by atoms with E-state index in [-0.39, 0.29) is 17.1 Å². The molecule has 1 atom stereocenters. The molecule has 8 heteroatoms. The van der Waals surface area contributed by atoms with Gasteiger partial charge in [0.25, 0.3) is 0 Å². The van der Waals surface area contributed by atoms with Gasteiger partial charge in [-0.25, -0.2) is 0 Å². The maximum absolute atomic E-state index is 13.5. The van der Waals surface area contributed by atoms with Crippen LogP contribution in [0.15, 0.2) is 18.2 Å². The minimum Gasteiger partial charge on any atom is -0.497 e. The average Bonchev–Trinajstić information content (AvgIpc) is 2.38. The standard InChI is InChI=1S/C12H14F5NO2/c1-18-10(11(13,14)12(15,16)17)8-5-4-7(19-2)6-9(8)20-3/h4-6,10,18H,1-3H3. The Morgan fingerprint density at radius 2 is 1.65 bits per heavy atom. The Kier molecular flexibility index (Phi) is 4.80. The van der Waals surface area contributed by atoms with E-state index in [1.54, 1.807) is 0 Å². The predicted molar refractivity (Wildman–Crippen MR) is 62.3 cm³/mol. The van der Waals surface area contributed by atoms with Crippen LogP contribution in [0.1, 0.15) is 11.6 Å². The van der Waals surface area contributed by atoms with Crippen molar-refractivity contribution in [1.82, 2.24) is 5.32 Å². The van der Waals surface area contributed by atoms with Gasteiger partial charge < -0.3 is 14.8 Å². The largest absolute Gasteiger partial charge is 0.497 e. The van der Waals surface area contributed by atoms with E-state index in [2.05, 4.69) is 0 Å². The molecule has 0 bridgehead atoms. The Bertz CT molecular complexity index is 462. The van der Waals surface area contributed by atoms with E-state index in [0.717, 1.165) is 13.1 Å². The van der Waals surface area contributed by atoms with Crippen molar-refractivity contribution in [1.29, 1.82) is 0 Å². The van der Waals surface area contributed by atoms with E-state index in [1.807, 2.05) is 5.32 Å². The first-order chi connectivity index (χ1) is 9.18. The van der Waals surface area contributed by atoms with Crippen LogP contribution in [0.25, 0.3) is 0 Å². The van der Waals surface area contributed by atoms with E-state index in [9.17, 15) is 22.0 Å². The summed E-state index contributed by atoms with van der Waals surface area (Å²) in [4.78, 5) is 0. The smallest absolute Gasteiger partial charge is 0.455 e. The fourth-order valence-corrected chi connectivity index (χ4v) is 1.75. The second-order valence-electron chi connectivity index (χ2n) is 3.95. The zero-order valence-corrected chi connectivity index (χ0v) is 11.0. The Morgan fingerprint density at radius 1 is 1.05 bits per heavy atom. The average molecular weight is 299 g/mol. The van der Waals surface area contributed by atoms with Gasteiger partial charge in [0.15, 0.2) is 0 Å². The SMILES string of the molecule is CNC(c1ccc(OC)cc1OC)C(F)(F)C(F)(F)F. The molecule has 0 spiro atoms. The van der Waals surface area contributed by atoms with Gasteiger partial charge in [0.2, 0.25) is 0 Å². The highest BCUT2D eigenvalue weighted by Gasteiger charge is 2.62. The third kappa shape index (κ3) is 2.95. The van der Waals surface area contributed by atoms with Gasteiger partial charge in [0.1, 0.15) is 17.5 Å². The van der Waals surface area contributed by atoms with Crippen LogP contribution >= 0.6 is 0 Å². The first-order valence-corrected chi connectivity index (χ1v) is 5.52. The van der Waals surface area contributed by atoms with E-state index in [1.165, 1.54) is 26.4 Å². The Labute approximate surface area is 112 Å². The third-order valence-electron chi connectivity index (χ3n) is 2.78. The summed E-state index contributed by atoms with van der Waals surface area (Å²) in [7, 11) is 3.54. The number of methoxy groups -OCH3 is 2. The molecule has 0 saturated heterocycles. The number of ether oxygens (including phenoxy) is 2. The summed E-state index contributed by atoms with van der Waals surface area (Å²) in [6, 6.07) is 1.38.